The highest BCUT2D eigenvalue weighted by Gasteiger charge is 2.26. The van der Waals surface area contributed by atoms with Crippen molar-refractivity contribution in [2.75, 3.05) is 23.7 Å². The predicted molar refractivity (Wildman–Crippen MR) is 77.7 cm³/mol. The molecule has 1 aliphatic heterocycles. The Morgan fingerprint density at radius 2 is 1.80 bits per heavy atom. The van der Waals surface area contributed by atoms with Crippen LogP contribution >= 0.6 is 0 Å². The molecular weight excluding hydrogens is 256 g/mol. The molecule has 108 valence electrons. The van der Waals surface area contributed by atoms with Crippen LogP contribution in [0.4, 0.5) is 11.8 Å². The van der Waals surface area contributed by atoms with Gasteiger partial charge in [-0.25, -0.2) is 4.98 Å². The van der Waals surface area contributed by atoms with Crippen LogP contribution in [0.25, 0.3) is 11.2 Å². The smallest absolute Gasteiger partial charge is 0.224 e. The Morgan fingerprint density at radius 3 is 2.45 bits per heavy atom. The Kier molecular flexibility index (Phi) is 3.01. The minimum Gasteiger partial charge on any atom is -0.372 e. The lowest BCUT2D eigenvalue weighted by atomic mass is 10.2. The first kappa shape index (κ1) is 13.1. The van der Waals surface area contributed by atoms with Crippen molar-refractivity contribution in [1.82, 2.24) is 19.5 Å². The molecule has 7 heteroatoms. The van der Waals surface area contributed by atoms with E-state index in [-0.39, 0.29) is 18.2 Å². The van der Waals surface area contributed by atoms with Crippen LogP contribution in [-0.2, 0) is 11.8 Å². The molecule has 20 heavy (non-hydrogen) atoms. The fourth-order valence-electron chi connectivity index (χ4n) is 2.74. The lowest BCUT2D eigenvalue weighted by molar-refractivity contribution is -0.00537. The minimum atomic E-state index is 0.162. The van der Waals surface area contributed by atoms with Crippen molar-refractivity contribution in [3.8, 4) is 0 Å². The van der Waals surface area contributed by atoms with E-state index >= 15 is 0 Å². The summed E-state index contributed by atoms with van der Waals surface area (Å²) in [6, 6.07) is 0. The normalized spacial score (nSPS) is 23.5. The van der Waals surface area contributed by atoms with Crippen LogP contribution in [0, 0.1) is 6.92 Å². The van der Waals surface area contributed by atoms with Gasteiger partial charge in [0.25, 0.3) is 0 Å². The van der Waals surface area contributed by atoms with Gasteiger partial charge in [0, 0.05) is 20.1 Å². The largest absolute Gasteiger partial charge is 0.372 e. The fraction of sp³-hybridized carbons (Fsp3) is 0.615. The van der Waals surface area contributed by atoms with Crippen LogP contribution in [0.15, 0.2) is 0 Å². The predicted octanol–water partition coefficient (Wildman–Crippen LogP) is 0.868. The van der Waals surface area contributed by atoms with Gasteiger partial charge in [-0.2, -0.15) is 9.97 Å². The van der Waals surface area contributed by atoms with E-state index in [1.54, 1.807) is 0 Å². The zero-order valence-electron chi connectivity index (χ0n) is 12.3. The highest BCUT2D eigenvalue weighted by molar-refractivity contribution is 5.85. The number of rotatable bonds is 1. The van der Waals surface area contributed by atoms with Gasteiger partial charge in [0.2, 0.25) is 5.95 Å². The number of hydrogen-bond donors (Lipinski definition) is 1. The number of anilines is 2. The zero-order chi connectivity index (χ0) is 14.4. The van der Waals surface area contributed by atoms with Crippen molar-refractivity contribution >= 4 is 22.9 Å². The molecule has 0 bridgehead atoms. The van der Waals surface area contributed by atoms with Gasteiger partial charge in [-0.15, -0.1) is 0 Å². The summed E-state index contributed by atoms with van der Waals surface area (Å²) in [4.78, 5) is 15.5. The van der Waals surface area contributed by atoms with E-state index in [0.29, 0.717) is 0 Å². The molecule has 0 aliphatic carbocycles. The molecule has 2 atom stereocenters. The molecule has 2 unspecified atom stereocenters. The van der Waals surface area contributed by atoms with Crippen LogP contribution in [0.2, 0.25) is 0 Å². The maximum Gasteiger partial charge on any atom is 0.224 e. The average molecular weight is 276 g/mol. The fourth-order valence-corrected chi connectivity index (χ4v) is 2.74. The minimum absolute atomic E-state index is 0.162. The van der Waals surface area contributed by atoms with Crippen LogP contribution < -0.4 is 10.6 Å². The highest BCUT2D eigenvalue weighted by atomic mass is 16.5. The molecule has 0 radical (unpaired) electrons. The summed E-state index contributed by atoms with van der Waals surface area (Å²) in [6.45, 7) is 7.64. The summed E-state index contributed by atoms with van der Waals surface area (Å²) in [5, 5.41) is 0. The molecule has 3 rings (SSSR count). The molecule has 1 saturated heterocycles. The molecule has 1 aliphatic rings. The molecule has 0 amide bonds. The second kappa shape index (κ2) is 4.59. The van der Waals surface area contributed by atoms with Crippen LogP contribution in [0.1, 0.15) is 19.7 Å². The summed E-state index contributed by atoms with van der Waals surface area (Å²) in [6.07, 6.45) is 0.324. The van der Waals surface area contributed by atoms with Gasteiger partial charge in [0.1, 0.15) is 5.82 Å². The number of nitrogen functional groups attached to an aromatic ring is 1. The first-order valence-electron chi connectivity index (χ1n) is 6.82. The number of ether oxygens (including phenoxy) is 1. The van der Waals surface area contributed by atoms with Crippen molar-refractivity contribution in [3.05, 3.63) is 5.82 Å². The molecular formula is C13H20N6O. The summed E-state index contributed by atoms with van der Waals surface area (Å²) in [7, 11) is 1.94. The summed E-state index contributed by atoms with van der Waals surface area (Å²) in [5.74, 6) is 1.98. The van der Waals surface area contributed by atoms with Gasteiger partial charge in [-0.05, 0) is 20.8 Å². The van der Waals surface area contributed by atoms with E-state index in [4.69, 9.17) is 10.5 Å². The van der Waals surface area contributed by atoms with Gasteiger partial charge < -0.3 is 19.9 Å². The maximum atomic E-state index is 5.86. The Bertz CT molecular complexity index is 642. The van der Waals surface area contributed by atoms with Gasteiger partial charge in [-0.1, -0.05) is 0 Å². The van der Waals surface area contributed by atoms with Crippen molar-refractivity contribution < 1.29 is 4.74 Å². The molecule has 2 N–H and O–H groups in total. The second-order valence-corrected chi connectivity index (χ2v) is 5.46. The number of imidazole rings is 1. The molecule has 0 saturated carbocycles. The Hall–Kier alpha value is -1.89. The molecule has 0 aromatic carbocycles. The molecule has 0 spiro atoms. The summed E-state index contributed by atoms with van der Waals surface area (Å²) >= 11 is 0. The molecule has 1 fully saturated rings. The second-order valence-electron chi connectivity index (χ2n) is 5.46. The van der Waals surface area contributed by atoms with Gasteiger partial charge in [-0.3, -0.25) is 0 Å². The monoisotopic (exact) mass is 276 g/mol. The summed E-state index contributed by atoms with van der Waals surface area (Å²) < 4.78 is 7.70. The number of hydrogen-bond acceptors (Lipinski definition) is 6. The van der Waals surface area contributed by atoms with E-state index in [0.717, 1.165) is 35.9 Å². The first-order valence-corrected chi connectivity index (χ1v) is 6.82. The Balaban J connectivity index is 2.13. The Morgan fingerprint density at radius 1 is 1.15 bits per heavy atom. The lowest BCUT2D eigenvalue weighted by Gasteiger charge is -2.36. The maximum absolute atomic E-state index is 5.86. The molecule has 3 heterocycles. The lowest BCUT2D eigenvalue weighted by Crippen LogP contribution is -2.46. The number of aromatic nitrogens is 4. The van der Waals surface area contributed by atoms with Gasteiger partial charge in [0.15, 0.2) is 17.0 Å². The van der Waals surface area contributed by atoms with Gasteiger partial charge in [0.05, 0.1) is 12.2 Å². The number of nitrogens with zero attached hydrogens (tertiary/aromatic N) is 5. The van der Waals surface area contributed by atoms with E-state index in [1.165, 1.54) is 0 Å². The first-order chi connectivity index (χ1) is 9.45. The quantitative estimate of drug-likeness (QED) is 0.832. The van der Waals surface area contributed by atoms with E-state index in [9.17, 15) is 0 Å². The van der Waals surface area contributed by atoms with E-state index < -0.39 is 0 Å². The average Bonchev–Trinajstić information content (AvgIpc) is 2.64. The third-order valence-electron chi connectivity index (χ3n) is 3.66. The van der Waals surface area contributed by atoms with Crippen molar-refractivity contribution in [3.63, 3.8) is 0 Å². The van der Waals surface area contributed by atoms with Crippen LogP contribution in [-0.4, -0.2) is 44.8 Å². The van der Waals surface area contributed by atoms with Crippen molar-refractivity contribution in [2.45, 2.75) is 33.0 Å². The van der Waals surface area contributed by atoms with E-state index in [2.05, 4.69) is 33.7 Å². The topological polar surface area (TPSA) is 82.1 Å². The number of nitrogens with two attached hydrogens (primary N) is 1. The zero-order valence-corrected chi connectivity index (χ0v) is 12.3. The van der Waals surface area contributed by atoms with Crippen molar-refractivity contribution in [2.24, 2.45) is 7.05 Å². The van der Waals surface area contributed by atoms with Gasteiger partial charge >= 0.3 is 0 Å². The third kappa shape index (κ3) is 2.07. The number of morpholine rings is 1. The molecule has 7 nitrogen and oxygen atoms in total. The molecule has 2 aromatic heterocycles. The van der Waals surface area contributed by atoms with Crippen LogP contribution in [0.3, 0.4) is 0 Å². The number of fused-ring (bicyclic) bond motifs is 1. The van der Waals surface area contributed by atoms with E-state index in [1.807, 2.05) is 18.5 Å². The van der Waals surface area contributed by atoms with Crippen LogP contribution in [0.5, 0.6) is 0 Å². The highest BCUT2D eigenvalue weighted by Crippen LogP contribution is 2.27. The molecule has 2 aromatic rings. The summed E-state index contributed by atoms with van der Waals surface area (Å²) in [5.41, 5.74) is 7.44. The SMILES string of the molecule is Cc1nc2c(N3CC(C)OC(C)C3)nc(N)nc2n1C. The van der Waals surface area contributed by atoms with Crippen molar-refractivity contribution in [1.29, 1.82) is 0 Å². The Labute approximate surface area is 117 Å². The third-order valence-corrected chi connectivity index (χ3v) is 3.66. The standard InChI is InChI=1S/C13H20N6O/c1-7-5-19(6-8(2)20-7)12-10-11(16-13(14)17-12)18(4)9(3)15-10/h7-8H,5-6H2,1-4H3,(H2,14,16,17). The number of aryl methyl sites for hydroxylation is 2.